The van der Waals surface area contributed by atoms with Gasteiger partial charge >= 0.3 is 6.09 Å². The lowest BCUT2D eigenvalue weighted by Crippen LogP contribution is -2.62. The molecule has 6 nitrogen and oxygen atoms in total. The Morgan fingerprint density at radius 1 is 1.25 bits per heavy atom. The summed E-state index contributed by atoms with van der Waals surface area (Å²) in [6, 6.07) is 1.76. The number of anilines is 1. The lowest BCUT2D eigenvalue weighted by atomic mass is 9.72. The van der Waals surface area contributed by atoms with Gasteiger partial charge in [0, 0.05) is 37.3 Å². The Morgan fingerprint density at radius 2 is 1.86 bits per heavy atom. The maximum absolute atomic E-state index is 12.2. The molecule has 0 aromatic heterocycles. The molecule has 1 aromatic carbocycles. The van der Waals surface area contributed by atoms with E-state index >= 15 is 0 Å². The first-order valence-electron chi connectivity index (χ1n) is 9.25. The SMILES string of the molecule is [C-]#[N+]c1c(N2CCC3(CC2)CN(C(=O)OC(C)(C)C)C3)cc(Cl)c(OC)c1Cl. The second-order valence-electron chi connectivity index (χ2n) is 8.51. The third-order valence-corrected chi connectivity index (χ3v) is 5.95. The highest BCUT2D eigenvalue weighted by Gasteiger charge is 2.48. The zero-order chi connectivity index (χ0) is 20.7. The Morgan fingerprint density at radius 3 is 2.36 bits per heavy atom. The average molecular weight is 426 g/mol. The van der Waals surface area contributed by atoms with E-state index in [1.165, 1.54) is 7.11 Å². The summed E-state index contributed by atoms with van der Waals surface area (Å²) in [6.07, 6.45) is 1.63. The molecular weight excluding hydrogens is 401 g/mol. The van der Waals surface area contributed by atoms with Crippen LogP contribution in [0.1, 0.15) is 33.6 Å². The molecule has 0 aliphatic carbocycles. The van der Waals surface area contributed by atoms with Crippen molar-refractivity contribution in [3.8, 4) is 5.75 Å². The van der Waals surface area contributed by atoms with Gasteiger partial charge in [0.25, 0.3) is 0 Å². The number of halogens is 2. The fourth-order valence-electron chi connectivity index (χ4n) is 3.87. The van der Waals surface area contributed by atoms with Gasteiger partial charge in [-0.05, 0) is 39.7 Å². The summed E-state index contributed by atoms with van der Waals surface area (Å²) < 4.78 is 10.7. The fraction of sp³-hybridized carbons (Fsp3) is 0.600. The molecule has 0 saturated carbocycles. The molecule has 2 heterocycles. The maximum atomic E-state index is 12.2. The molecule has 3 rings (SSSR count). The number of hydrogen-bond donors (Lipinski definition) is 0. The highest BCUT2D eigenvalue weighted by Crippen LogP contribution is 2.49. The van der Waals surface area contributed by atoms with Crippen LogP contribution in [-0.4, -0.2) is 49.9 Å². The smallest absolute Gasteiger partial charge is 0.410 e. The summed E-state index contributed by atoms with van der Waals surface area (Å²) in [7, 11) is 1.48. The quantitative estimate of drug-likeness (QED) is 0.595. The molecular formula is C20H25Cl2N3O3. The number of carbonyl (C=O) groups excluding carboxylic acids is 1. The number of piperidine rings is 1. The first-order chi connectivity index (χ1) is 13.1. The fourth-order valence-corrected chi connectivity index (χ4v) is 4.51. The number of methoxy groups -OCH3 is 1. The summed E-state index contributed by atoms with van der Waals surface area (Å²) in [6.45, 7) is 16.1. The van der Waals surface area contributed by atoms with E-state index in [2.05, 4.69) is 9.74 Å². The third-order valence-electron chi connectivity index (χ3n) is 5.32. The summed E-state index contributed by atoms with van der Waals surface area (Å²) in [5.74, 6) is 0.332. The van der Waals surface area contributed by atoms with Crippen LogP contribution in [0.2, 0.25) is 10.0 Å². The van der Waals surface area contributed by atoms with Gasteiger partial charge in [-0.2, -0.15) is 0 Å². The van der Waals surface area contributed by atoms with Crippen LogP contribution in [0, 0.1) is 12.0 Å². The number of ether oxygens (including phenoxy) is 2. The first kappa shape index (κ1) is 20.9. The number of carbonyl (C=O) groups is 1. The van der Waals surface area contributed by atoms with Gasteiger partial charge < -0.3 is 19.3 Å². The molecule has 2 aliphatic heterocycles. The van der Waals surface area contributed by atoms with Gasteiger partial charge in [0.2, 0.25) is 5.69 Å². The van der Waals surface area contributed by atoms with Crippen LogP contribution in [0.3, 0.4) is 0 Å². The van der Waals surface area contributed by atoms with Crippen molar-refractivity contribution in [2.24, 2.45) is 5.41 Å². The van der Waals surface area contributed by atoms with Crippen molar-refractivity contribution in [3.63, 3.8) is 0 Å². The van der Waals surface area contributed by atoms with Gasteiger partial charge in [0.1, 0.15) is 11.4 Å². The molecule has 2 fully saturated rings. The second-order valence-corrected chi connectivity index (χ2v) is 9.29. The minimum atomic E-state index is -0.480. The average Bonchev–Trinajstić information content (AvgIpc) is 2.58. The van der Waals surface area contributed by atoms with Gasteiger partial charge in [0.15, 0.2) is 0 Å². The standard InChI is InChI=1S/C20H25Cl2N3O3/c1-19(2,3)28-18(26)25-11-20(12-25)6-8-24(9-7-20)14-10-13(21)17(27-5)15(22)16(14)23-4/h10H,6-9,11-12H2,1-3,5H3. The van der Waals surface area contributed by atoms with Crippen molar-refractivity contribution in [1.82, 2.24) is 4.90 Å². The van der Waals surface area contributed by atoms with Crippen LogP contribution in [0.4, 0.5) is 16.2 Å². The molecule has 152 valence electrons. The number of amides is 1. The molecule has 2 aliphatic rings. The Labute approximate surface area is 176 Å². The number of likely N-dealkylation sites (tertiary alicyclic amines) is 1. The van der Waals surface area contributed by atoms with Crippen molar-refractivity contribution < 1.29 is 14.3 Å². The molecule has 0 unspecified atom stereocenters. The molecule has 1 spiro atoms. The Kier molecular flexibility index (Phi) is 5.62. The molecule has 0 radical (unpaired) electrons. The van der Waals surface area contributed by atoms with Crippen molar-refractivity contribution in [2.75, 3.05) is 38.2 Å². The zero-order valence-corrected chi connectivity index (χ0v) is 18.2. The van der Waals surface area contributed by atoms with Crippen LogP contribution in [0.25, 0.3) is 4.85 Å². The topological polar surface area (TPSA) is 46.4 Å². The molecule has 0 N–H and O–H groups in total. The molecule has 8 heteroatoms. The lowest BCUT2D eigenvalue weighted by Gasteiger charge is -2.54. The van der Waals surface area contributed by atoms with Crippen LogP contribution >= 0.6 is 23.2 Å². The van der Waals surface area contributed by atoms with E-state index in [-0.39, 0.29) is 16.5 Å². The van der Waals surface area contributed by atoms with E-state index < -0.39 is 5.60 Å². The van der Waals surface area contributed by atoms with Gasteiger partial charge in [-0.25, -0.2) is 9.64 Å². The predicted molar refractivity (Wildman–Crippen MR) is 111 cm³/mol. The van der Waals surface area contributed by atoms with Crippen molar-refractivity contribution in [3.05, 3.63) is 27.5 Å². The zero-order valence-electron chi connectivity index (χ0n) is 16.6. The van der Waals surface area contributed by atoms with Crippen LogP contribution in [0.5, 0.6) is 5.75 Å². The van der Waals surface area contributed by atoms with E-state index in [0.717, 1.165) is 44.7 Å². The van der Waals surface area contributed by atoms with Crippen molar-refractivity contribution in [1.29, 1.82) is 0 Å². The highest BCUT2D eigenvalue weighted by molar-refractivity contribution is 6.40. The monoisotopic (exact) mass is 425 g/mol. The summed E-state index contributed by atoms with van der Waals surface area (Å²) >= 11 is 12.6. The predicted octanol–water partition coefficient (Wildman–Crippen LogP) is 5.39. The van der Waals surface area contributed by atoms with E-state index in [1.807, 2.05) is 20.8 Å². The minimum absolute atomic E-state index is 0.131. The Bertz CT molecular complexity index is 813. The van der Waals surface area contributed by atoms with Gasteiger partial charge in [0.05, 0.1) is 23.7 Å². The summed E-state index contributed by atoms with van der Waals surface area (Å²) in [5, 5.41) is 0.648. The maximum Gasteiger partial charge on any atom is 0.410 e. The van der Waals surface area contributed by atoms with Crippen LogP contribution in [-0.2, 0) is 4.74 Å². The number of nitrogens with zero attached hydrogens (tertiary/aromatic N) is 3. The Hall–Kier alpha value is -1.84. The van der Waals surface area contributed by atoms with Crippen molar-refractivity contribution in [2.45, 2.75) is 39.2 Å². The van der Waals surface area contributed by atoms with Gasteiger partial charge in [-0.1, -0.05) is 23.2 Å². The Balaban J connectivity index is 1.66. The van der Waals surface area contributed by atoms with E-state index in [4.69, 9.17) is 39.2 Å². The number of hydrogen-bond acceptors (Lipinski definition) is 4. The molecule has 0 bridgehead atoms. The molecule has 2 saturated heterocycles. The van der Waals surface area contributed by atoms with Crippen molar-refractivity contribution >= 4 is 40.7 Å². The third kappa shape index (κ3) is 3.97. The van der Waals surface area contributed by atoms with Gasteiger partial charge in [-0.3, -0.25) is 0 Å². The molecule has 0 atom stereocenters. The lowest BCUT2D eigenvalue weighted by molar-refractivity contribution is -0.0434. The number of rotatable bonds is 2. The van der Waals surface area contributed by atoms with E-state index in [9.17, 15) is 4.79 Å². The molecule has 28 heavy (non-hydrogen) atoms. The summed E-state index contributed by atoms with van der Waals surface area (Å²) in [4.78, 5) is 19.7. The summed E-state index contributed by atoms with van der Waals surface area (Å²) in [5.41, 5.74) is 0.754. The van der Waals surface area contributed by atoms with Crippen LogP contribution in [0.15, 0.2) is 6.07 Å². The van der Waals surface area contributed by atoms with E-state index in [0.29, 0.717) is 16.5 Å². The second kappa shape index (κ2) is 7.53. The largest absolute Gasteiger partial charge is 0.495 e. The van der Waals surface area contributed by atoms with Crippen LogP contribution < -0.4 is 9.64 Å². The first-order valence-corrected chi connectivity index (χ1v) is 10.0. The molecule has 1 amide bonds. The minimum Gasteiger partial charge on any atom is -0.495 e. The highest BCUT2D eigenvalue weighted by atomic mass is 35.5. The molecule has 1 aromatic rings. The van der Waals surface area contributed by atoms with Gasteiger partial charge in [-0.15, -0.1) is 0 Å². The normalized spacial score (nSPS) is 18.5. The number of benzene rings is 1. The van der Waals surface area contributed by atoms with E-state index in [1.54, 1.807) is 11.0 Å².